The lowest BCUT2D eigenvalue weighted by Crippen LogP contribution is -2.39. The number of carbonyl (C=O) groups is 1. The summed E-state index contributed by atoms with van der Waals surface area (Å²) in [5.74, 6) is -1.59. The van der Waals surface area contributed by atoms with Gasteiger partial charge in [0.1, 0.15) is 5.82 Å². The van der Waals surface area contributed by atoms with E-state index >= 15 is 0 Å². The third kappa shape index (κ3) is 4.93. The van der Waals surface area contributed by atoms with E-state index in [1.54, 1.807) is 6.07 Å². The van der Waals surface area contributed by atoms with Crippen molar-refractivity contribution in [3.05, 3.63) is 35.6 Å². The second kappa shape index (κ2) is 6.60. The molecule has 0 fully saturated rings. The number of hydrogen-bond donors (Lipinski definition) is 2. The predicted octanol–water partition coefficient (Wildman–Crippen LogP) is 0.567. The zero-order valence-electron chi connectivity index (χ0n) is 10.3. The summed E-state index contributed by atoms with van der Waals surface area (Å²) < 4.78 is 39.8. The van der Waals surface area contributed by atoms with Crippen molar-refractivity contribution in [2.75, 3.05) is 13.6 Å². The molecule has 0 saturated carbocycles. The van der Waals surface area contributed by atoms with Gasteiger partial charge in [-0.3, -0.25) is 4.79 Å². The minimum absolute atomic E-state index is 0.151. The van der Waals surface area contributed by atoms with E-state index in [2.05, 4.69) is 4.72 Å². The molecule has 0 aromatic heterocycles. The summed E-state index contributed by atoms with van der Waals surface area (Å²) in [5, 5.41) is 8.48. The molecular weight excluding hydrogens is 275 g/mol. The number of nitrogens with zero attached hydrogens (tertiary/aromatic N) is 1. The highest BCUT2D eigenvalue weighted by atomic mass is 32.2. The molecule has 0 aliphatic rings. The summed E-state index contributed by atoms with van der Waals surface area (Å²) in [5.41, 5.74) is 0.220. The molecule has 2 N–H and O–H groups in total. The van der Waals surface area contributed by atoms with E-state index in [-0.39, 0.29) is 25.1 Å². The van der Waals surface area contributed by atoms with E-state index in [1.165, 1.54) is 25.2 Å². The Morgan fingerprint density at radius 2 is 2.05 bits per heavy atom. The van der Waals surface area contributed by atoms with Crippen LogP contribution in [0.1, 0.15) is 12.0 Å². The molecule has 1 aromatic rings. The van der Waals surface area contributed by atoms with E-state index in [0.29, 0.717) is 0 Å². The number of halogens is 1. The van der Waals surface area contributed by atoms with Gasteiger partial charge in [-0.25, -0.2) is 4.39 Å². The fourth-order valence-corrected chi connectivity index (χ4v) is 2.18. The molecule has 0 radical (unpaired) electrons. The second-order valence-corrected chi connectivity index (χ2v) is 5.74. The summed E-state index contributed by atoms with van der Waals surface area (Å²) in [6, 6.07) is 5.81. The molecule has 0 atom stereocenters. The zero-order chi connectivity index (χ0) is 14.5. The van der Waals surface area contributed by atoms with Gasteiger partial charge in [-0.15, -0.1) is 0 Å². The first-order valence-electron chi connectivity index (χ1n) is 5.49. The maximum atomic E-state index is 13.3. The Kier molecular flexibility index (Phi) is 5.40. The SMILES string of the molecule is CN(CCC(=O)O)S(=O)(=O)NCc1ccccc1F. The molecule has 0 spiro atoms. The van der Waals surface area contributed by atoms with Crippen molar-refractivity contribution in [3.8, 4) is 0 Å². The van der Waals surface area contributed by atoms with Crippen LogP contribution in [0.5, 0.6) is 0 Å². The van der Waals surface area contributed by atoms with Crippen LogP contribution in [0.3, 0.4) is 0 Å². The Labute approximate surface area is 111 Å². The average molecular weight is 290 g/mol. The predicted molar refractivity (Wildman–Crippen MR) is 67.0 cm³/mol. The van der Waals surface area contributed by atoms with Gasteiger partial charge in [-0.05, 0) is 6.07 Å². The highest BCUT2D eigenvalue weighted by Crippen LogP contribution is 2.07. The number of nitrogens with one attached hydrogen (secondary N) is 1. The first-order chi connectivity index (χ1) is 8.83. The minimum Gasteiger partial charge on any atom is -0.481 e. The van der Waals surface area contributed by atoms with Crippen molar-refractivity contribution in [2.24, 2.45) is 0 Å². The zero-order valence-corrected chi connectivity index (χ0v) is 11.2. The Bertz CT molecular complexity index is 547. The summed E-state index contributed by atoms with van der Waals surface area (Å²) in [4.78, 5) is 10.4. The molecule has 1 aromatic carbocycles. The van der Waals surface area contributed by atoms with Crippen LogP contribution in [-0.2, 0) is 21.5 Å². The fourth-order valence-electron chi connectivity index (χ4n) is 1.29. The maximum Gasteiger partial charge on any atom is 0.304 e. The topological polar surface area (TPSA) is 86.7 Å². The number of hydrogen-bond acceptors (Lipinski definition) is 3. The Balaban J connectivity index is 2.60. The van der Waals surface area contributed by atoms with Crippen LogP contribution in [-0.4, -0.2) is 37.4 Å². The van der Waals surface area contributed by atoms with Crippen LogP contribution >= 0.6 is 0 Å². The highest BCUT2D eigenvalue weighted by molar-refractivity contribution is 7.87. The van der Waals surface area contributed by atoms with E-state index in [4.69, 9.17) is 5.11 Å². The standard InChI is InChI=1S/C11H15FN2O4S/c1-14(7-6-11(15)16)19(17,18)13-8-9-4-2-3-5-10(9)12/h2-5,13H,6-8H2,1H3,(H,15,16). The Morgan fingerprint density at radius 3 is 2.63 bits per heavy atom. The number of benzene rings is 1. The molecule has 0 unspecified atom stereocenters. The third-order valence-corrected chi connectivity index (χ3v) is 3.97. The lowest BCUT2D eigenvalue weighted by Gasteiger charge is -2.16. The summed E-state index contributed by atoms with van der Waals surface area (Å²) in [6.45, 7) is -0.339. The first-order valence-corrected chi connectivity index (χ1v) is 6.93. The molecule has 8 heteroatoms. The van der Waals surface area contributed by atoms with Gasteiger partial charge in [0.15, 0.2) is 0 Å². The smallest absolute Gasteiger partial charge is 0.304 e. The number of carboxylic acid groups (broad SMARTS) is 1. The number of rotatable bonds is 7. The summed E-state index contributed by atoms with van der Waals surface area (Å²) in [7, 11) is -2.56. The lowest BCUT2D eigenvalue weighted by molar-refractivity contribution is -0.137. The van der Waals surface area contributed by atoms with E-state index in [0.717, 1.165) is 4.31 Å². The largest absolute Gasteiger partial charge is 0.481 e. The van der Waals surface area contributed by atoms with Crippen LogP contribution in [0.4, 0.5) is 4.39 Å². The lowest BCUT2D eigenvalue weighted by atomic mass is 10.2. The van der Waals surface area contributed by atoms with Gasteiger partial charge in [0, 0.05) is 25.7 Å². The van der Waals surface area contributed by atoms with Gasteiger partial charge >= 0.3 is 5.97 Å². The van der Waals surface area contributed by atoms with Crippen LogP contribution in [0, 0.1) is 5.82 Å². The normalized spacial score (nSPS) is 11.7. The number of aliphatic carboxylic acids is 1. The first kappa shape index (κ1) is 15.5. The average Bonchev–Trinajstić information content (AvgIpc) is 2.34. The van der Waals surface area contributed by atoms with Crippen LogP contribution in [0.2, 0.25) is 0 Å². The second-order valence-electron chi connectivity index (χ2n) is 3.88. The molecule has 1 rings (SSSR count). The van der Waals surface area contributed by atoms with Crippen molar-refractivity contribution in [1.82, 2.24) is 9.03 Å². The molecule has 0 heterocycles. The van der Waals surface area contributed by atoms with Gasteiger partial charge in [0.25, 0.3) is 10.2 Å². The van der Waals surface area contributed by atoms with Crippen molar-refractivity contribution in [2.45, 2.75) is 13.0 Å². The summed E-state index contributed by atoms with van der Waals surface area (Å²) >= 11 is 0. The molecule has 0 saturated heterocycles. The van der Waals surface area contributed by atoms with Crippen LogP contribution < -0.4 is 4.72 Å². The molecule has 106 valence electrons. The molecule has 6 nitrogen and oxygen atoms in total. The monoisotopic (exact) mass is 290 g/mol. The fraction of sp³-hybridized carbons (Fsp3) is 0.364. The third-order valence-electron chi connectivity index (χ3n) is 2.45. The van der Waals surface area contributed by atoms with E-state index in [9.17, 15) is 17.6 Å². The van der Waals surface area contributed by atoms with Gasteiger partial charge in [0.05, 0.1) is 6.42 Å². The van der Waals surface area contributed by atoms with Crippen molar-refractivity contribution < 1.29 is 22.7 Å². The Morgan fingerprint density at radius 1 is 1.42 bits per heavy atom. The highest BCUT2D eigenvalue weighted by Gasteiger charge is 2.18. The van der Waals surface area contributed by atoms with Gasteiger partial charge in [0.2, 0.25) is 0 Å². The van der Waals surface area contributed by atoms with E-state index in [1.807, 2.05) is 0 Å². The van der Waals surface area contributed by atoms with Crippen LogP contribution in [0.25, 0.3) is 0 Å². The minimum atomic E-state index is -3.82. The molecular formula is C11H15FN2O4S. The van der Waals surface area contributed by atoms with Gasteiger partial charge in [-0.1, -0.05) is 18.2 Å². The Hall–Kier alpha value is -1.51. The summed E-state index contributed by atoms with van der Waals surface area (Å²) in [6.07, 6.45) is -0.295. The molecule has 19 heavy (non-hydrogen) atoms. The van der Waals surface area contributed by atoms with Crippen molar-refractivity contribution in [1.29, 1.82) is 0 Å². The molecule has 0 bridgehead atoms. The number of carboxylic acids is 1. The molecule has 0 aliphatic heterocycles. The van der Waals surface area contributed by atoms with E-state index < -0.39 is 22.0 Å². The van der Waals surface area contributed by atoms with Crippen molar-refractivity contribution in [3.63, 3.8) is 0 Å². The quantitative estimate of drug-likeness (QED) is 0.768. The molecule has 0 aliphatic carbocycles. The molecule has 0 amide bonds. The van der Waals surface area contributed by atoms with Crippen molar-refractivity contribution >= 4 is 16.2 Å². The van der Waals surface area contributed by atoms with Gasteiger partial charge in [-0.2, -0.15) is 17.4 Å². The van der Waals surface area contributed by atoms with Crippen LogP contribution in [0.15, 0.2) is 24.3 Å². The van der Waals surface area contributed by atoms with Gasteiger partial charge < -0.3 is 5.11 Å². The maximum absolute atomic E-state index is 13.3.